The van der Waals surface area contributed by atoms with Gasteiger partial charge in [-0.1, -0.05) is 158 Å². The van der Waals surface area contributed by atoms with Crippen molar-refractivity contribution in [2.24, 2.45) is 0 Å². The van der Waals surface area contributed by atoms with Gasteiger partial charge < -0.3 is 39.3 Å². The molecule has 0 unspecified atom stereocenters. The molecule has 6 aliphatic rings. The first kappa shape index (κ1) is 54.3. The molecule has 19 rings (SSSR count). The van der Waals surface area contributed by atoms with Crippen molar-refractivity contribution in [3.05, 3.63) is 291 Å². The molecule has 6 aliphatic heterocycles. The first-order valence-corrected chi connectivity index (χ1v) is 33.3. The summed E-state index contributed by atoms with van der Waals surface area (Å²) >= 11 is 1.76. The molecule has 94 heavy (non-hydrogen) atoms. The van der Waals surface area contributed by atoms with Crippen molar-refractivity contribution < 1.29 is 9.47 Å². The molecule has 1 N–H and O–H groups in total. The molecule has 0 radical (unpaired) electrons. The maximum Gasteiger partial charge on any atom is 0.256 e. The van der Waals surface area contributed by atoms with Crippen molar-refractivity contribution in [1.29, 1.82) is 0 Å². The molecule has 6 heterocycles. The minimum absolute atomic E-state index is 0.127. The van der Waals surface area contributed by atoms with E-state index in [0.717, 1.165) is 136 Å². The highest BCUT2D eigenvalue weighted by molar-refractivity contribution is 8.00. The number of rotatable bonds is 10. The molecule has 444 valence electrons. The Morgan fingerprint density at radius 1 is 0.287 bits per heavy atom. The number of nitrogens with one attached hydrogen (secondary N) is 1. The Labute approximate surface area is 552 Å². The third-order valence-electron chi connectivity index (χ3n) is 19.9. The summed E-state index contributed by atoms with van der Waals surface area (Å²) in [6.07, 6.45) is 2.22. The molecule has 0 fully saturated rings. The molecule has 13 aromatic rings. The molecule has 0 bridgehead atoms. The maximum atomic E-state index is 7.16. The molecule has 0 spiro atoms. The number of para-hydroxylation sites is 8. The summed E-state index contributed by atoms with van der Waals surface area (Å²) in [5.74, 6) is 3.43. The fourth-order valence-corrected chi connectivity index (χ4v) is 16.7. The Kier molecular flexibility index (Phi) is 12.3. The van der Waals surface area contributed by atoms with Crippen LogP contribution in [0.4, 0.5) is 96.7 Å². The van der Waals surface area contributed by atoms with Crippen LogP contribution in [-0.2, 0) is 0 Å². The summed E-state index contributed by atoms with van der Waals surface area (Å²) in [5, 5.41) is 4.12. The number of anilines is 17. The summed E-state index contributed by atoms with van der Waals surface area (Å²) in [4.78, 5) is 12.0. The highest BCUT2D eigenvalue weighted by Crippen LogP contribution is 2.49. The van der Waals surface area contributed by atoms with Crippen molar-refractivity contribution in [3.8, 4) is 23.0 Å². The third-order valence-corrected chi connectivity index (χ3v) is 20.7. The lowest BCUT2D eigenvalue weighted by atomic mass is 9.29. The van der Waals surface area contributed by atoms with E-state index in [1.54, 1.807) is 11.9 Å². The maximum absolute atomic E-state index is 7.16. The average Bonchev–Trinajstić information content (AvgIpc) is 0.691. The second kappa shape index (κ2) is 21.3. The smallest absolute Gasteiger partial charge is 0.256 e. The number of ether oxygens (including phenoxy) is 2. The molecule has 9 nitrogen and oxygen atoms in total. The zero-order chi connectivity index (χ0) is 62.3. The summed E-state index contributed by atoms with van der Waals surface area (Å²) in [6, 6.07) is 106. The third kappa shape index (κ3) is 8.26. The average molecular weight is 1230 g/mol. The van der Waals surface area contributed by atoms with Crippen LogP contribution in [-0.4, -0.2) is 40.5 Å². The lowest BCUT2D eigenvalue weighted by Crippen LogP contribution is -2.66. The van der Waals surface area contributed by atoms with Crippen LogP contribution < -0.4 is 92.8 Å². The van der Waals surface area contributed by atoms with Crippen molar-refractivity contribution >= 4 is 178 Å². The number of fused-ring (bicyclic) bond motifs is 12. The molecule has 0 aliphatic carbocycles. The normalized spacial score (nSPS) is 13.4. The fraction of sp³-hybridized carbons (Fsp3) is 0.0370. The summed E-state index contributed by atoms with van der Waals surface area (Å²) < 4.78 is 16.8. The predicted molar refractivity (Wildman–Crippen MR) is 398 cm³/mol. The van der Waals surface area contributed by atoms with Crippen LogP contribution in [0.25, 0.3) is 0 Å². The van der Waals surface area contributed by atoms with E-state index in [1.165, 1.54) is 32.8 Å². The number of hydrogen-bond acceptors (Lipinski definition) is 10. The monoisotopic (exact) mass is 1230 g/mol. The van der Waals surface area contributed by atoms with Gasteiger partial charge in [0, 0.05) is 106 Å². The Morgan fingerprint density at radius 2 is 0.649 bits per heavy atom. The van der Waals surface area contributed by atoms with E-state index < -0.39 is 0 Å². The lowest BCUT2D eigenvalue weighted by Gasteiger charge is -2.46. The minimum Gasteiger partial charge on any atom is -0.458 e. The Hall–Kier alpha value is -11.4. The molecule has 0 amide bonds. The first-order valence-electron chi connectivity index (χ1n) is 32.1. The highest BCUT2D eigenvalue weighted by Gasteiger charge is 2.49. The van der Waals surface area contributed by atoms with Gasteiger partial charge in [-0.25, -0.2) is 0 Å². The van der Waals surface area contributed by atoms with E-state index in [2.05, 4.69) is 346 Å². The topological polar surface area (TPSA) is 49.9 Å². The summed E-state index contributed by atoms with van der Waals surface area (Å²) in [6.45, 7) is -0.443. The van der Waals surface area contributed by atoms with Crippen LogP contribution in [0.15, 0.2) is 291 Å². The van der Waals surface area contributed by atoms with E-state index >= 15 is 0 Å². The number of nitrogens with zero attached hydrogens (tertiary/aromatic N) is 6. The zero-order valence-electron chi connectivity index (χ0n) is 51.9. The van der Waals surface area contributed by atoms with Gasteiger partial charge in [-0.15, -0.1) is 0 Å². The van der Waals surface area contributed by atoms with E-state index in [0.29, 0.717) is 0 Å². The second-order valence-corrected chi connectivity index (χ2v) is 25.7. The molecule has 13 heteroatoms. The van der Waals surface area contributed by atoms with E-state index in [-0.39, 0.29) is 20.1 Å². The van der Waals surface area contributed by atoms with Gasteiger partial charge in [0.25, 0.3) is 20.1 Å². The van der Waals surface area contributed by atoms with E-state index in [1.807, 2.05) is 0 Å². The molecule has 0 saturated carbocycles. The largest absolute Gasteiger partial charge is 0.458 e. The quantitative estimate of drug-likeness (QED) is 0.106. The van der Waals surface area contributed by atoms with Gasteiger partial charge in [-0.05, 0) is 182 Å². The molecular formula is C81H58B3N7O2S. The van der Waals surface area contributed by atoms with Gasteiger partial charge in [0.1, 0.15) is 23.0 Å². The highest BCUT2D eigenvalue weighted by atomic mass is 32.2. The fourth-order valence-electron chi connectivity index (χ4n) is 15.9. The Balaban J connectivity index is 0.844. The second-order valence-electron chi connectivity index (χ2n) is 25.0. The Morgan fingerprint density at radius 3 is 1.12 bits per heavy atom. The number of hydrogen-bond donors (Lipinski definition) is 1. The van der Waals surface area contributed by atoms with Crippen molar-refractivity contribution in [1.82, 2.24) is 0 Å². The van der Waals surface area contributed by atoms with Crippen molar-refractivity contribution in [2.75, 3.05) is 54.5 Å². The van der Waals surface area contributed by atoms with Crippen molar-refractivity contribution in [2.45, 2.75) is 0 Å². The van der Waals surface area contributed by atoms with Gasteiger partial charge in [-0.2, -0.15) is 0 Å². The van der Waals surface area contributed by atoms with Crippen LogP contribution in [0.3, 0.4) is 0 Å². The SMILES string of the molecule is CSN1c2cc3c(cc2B2c4cc5c(cc4N(C)c4cc(N(c6ccccc6)c6ccccc6)cc1c42)N(C)c1cc(N(c2ccccc2)c2ccccc2)cc2c1B5c1ccccc1O2)B1c2ccccc2Oc2cc(N(c4ccccc4)c4ccccc4)cc(c21)N3. The van der Waals surface area contributed by atoms with Gasteiger partial charge in [0.05, 0.1) is 22.7 Å². The van der Waals surface area contributed by atoms with Gasteiger partial charge in [0.15, 0.2) is 0 Å². The van der Waals surface area contributed by atoms with Crippen molar-refractivity contribution in [3.63, 3.8) is 0 Å². The lowest BCUT2D eigenvalue weighted by molar-refractivity contribution is 0.487. The van der Waals surface area contributed by atoms with Gasteiger partial charge >= 0.3 is 0 Å². The van der Waals surface area contributed by atoms with Crippen LogP contribution >= 0.6 is 11.9 Å². The van der Waals surface area contributed by atoms with Gasteiger partial charge in [0.2, 0.25) is 0 Å². The van der Waals surface area contributed by atoms with Gasteiger partial charge in [-0.3, -0.25) is 4.31 Å². The number of benzene rings is 13. The standard InChI is InChI=1S/C81H58B3N7O2S/c1-86-70-51-69-64(83-62-39-23-25-41-76(62)93-78-47-60(44-73(81(78)83)87(69)2)90(56-34-18-8-19-35-56)57-36-20-9-21-37-57)49-65(70)84-66-48-63-67(50-71(66)91(94-3)74-45-59(43-72(86)80(74)84)89(54-30-14-6-15-31-54)55-32-16-7-17-33-55)85-68-42-58(46-77-79(68)82(63)61-38-22-24-40-75(61)92-77)88(52-26-10-4-11-27-52)53-28-12-5-13-29-53/h4-51,85H,1-3H3. The van der Waals surface area contributed by atoms with Crippen LogP contribution in [0.5, 0.6) is 23.0 Å². The van der Waals surface area contributed by atoms with E-state index in [4.69, 9.17) is 9.47 Å². The molecular weight excluding hydrogens is 1170 g/mol. The first-order chi connectivity index (χ1) is 46.4. The molecule has 0 aromatic heterocycles. The van der Waals surface area contributed by atoms with E-state index in [9.17, 15) is 0 Å². The predicted octanol–water partition coefficient (Wildman–Crippen LogP) is 14.8. The van der Waals surface area contributed by atoms with Crippen LogP contribution in [0.2, 0.25) is 0 Å². The summed E-state index contributed by atoms with van der Waals surface area (Å²) in [5.41, 5.74) is 29.3. The molecule has 13 aromatic carbocycles. The Bertz CT molecular complexity index is 5090. The summed E-state index contributed by atoms with van der Waals surface area (Å²) in [7, 11) is 4.52. The van der Waals surface area contributed by atoms with Crippen LogP contribution in [0.1, 0.15) is 0 Å². The van der Waals surface area contributed by atoms with Crippen LogP contribution in [0, 0.1) is 0 Å². The zero-order valence-corrected chi connectivity index (χ0v) is 52.7. The molecule has 0 saturated heterocycles. The molecule has 0 atom stereocenters. The minimum atomic E-state index is -0.182.